The van der Waals surface area contributed by atoms with E-state index in [4.69, 9.17) is 4.74 Å². The second-order valence-corrected chi connectivity index (χ2v) is 7.13. The van der Waals surface area contributed by atoms with E-state index in [1.165, 1.54) is 19.3 Å². The first kappa shape index (κ1) is 19.9. The van der Waals surface area contributed by atoms with Gasteiger partial charge in [-0.05, 0) is 31.9 Å². The molecule has 0 atom stereocenters. The fourth-order valence-electron chi connectivity index (χ4n) is 3.27. The number of rotatable bonds is 9. The minimum atomic E-state index is 0.186. The van der Waals surface area contributed by atoms with Crippen LogP contribution < -0.4 is 0 Å². The summed E-state index contributed by atoms with van der Waals surface area (Å²) in [6.07, 6.45) is 4.76. The Bertz CT molecular complexity index is 539. The molecular weight excluding hydrogens is 312 g/mol. The van der Waals surface area contributed by atoms with Crippen LogP contribution in [0.15, 0.2) is 18.2 Å². The van der Waals surface area contributed by atoms with E-state index in [0.29, 0.717) is 0 Å². The lowest BCUT2D eigenvalue weighted by Crippen LogP contribution is -2.43. The van der Waals surface area contributed by atoms with Gasteiger partial charge >= 0.3 is 0 Å². The van der Waals surface area contributed by atoms with Crippen LogP contribution in [0.5, 0.6) is 0 Å². The molecular formula is C21H34N2O2. The summed E-state index contributed by atoms with van der Waals surface area (Å²) in [6.45, 7) is 12.5. The van der Waals surface area contributed by atoms with Gasteiger partial charge in [0.2, 0.25) is 0 Å². The highest BCUT2D eigenvalue weighted by molar-refractivity contribution is 5.95. The molecule has 4 heteroatoms. The maximum Gasteiger partial charge on any atom is 0.254 e. The first-order valence-electron chi connectivity index (χ1n) is 9.78. The highest BCUT2D eigenvalue weighted by Crippen LogP contribution is 2.15. The van der Waals surface area contributed by atoms with E-state index in [2.05, 4.69) is 35.8 Å². The Morgan fingerprint density at radius 3 is 2.60 bits per heavy atom. The molecule has 1 aromatic carbocycles. The molecule has 2 rings (SSSR count). The van der Waals surface area contributed by atoms with Crippen molar-refractivity contribution in [2.24, 2.45) is 0 Å². The van der Waals surface area contributed by atoms with Gasteiger partial charge < -0.3 is 9.64 Å². The van der Waals surface area contributed by atoms with Gasteiger partial charge in [-0.25, -0.2) is 0 Å². The van der Waals surface area contributed by atoms with E-state index in [1.54, 1.807) is 0 Å². The summed E-state index contributed by atoms with van der Waals surface area (Å²) in [6, 6.07) is 6.16. The zero-order chi connectivity index (χ0) is 18.1. The van der Waals surface area contributed by atoms with Crippen LogP contribution in [0.3, 0.4) is 0 Å². The Morgan fingerprint density at radius 2 is 1.88 bits per heavy atom. The fourth-order valence-corrected chi connectivity index (χ4v) is 3.27. The first-order valence-corrected chi connectivity index (χ1v) is 9.78. The summed E-state index contributed by atoms with van der Waals surface area (Å²) in [7, 11) is 0. The van der Waals surface area contributed by atoms with Crippen LogP contribution in [-0.4, -0.2) is 61.6 Å². The Kier molecular flexibility index (Phi) is 8.42. The van der Waals surface area contributed by atoms with Crippen LogP contribution in [0.1, 0.15) is 54.1 Å². The number of morpholine rings is 1. The molecule has 1 aliphatic rings. The minimum absolute atomic E-state index is 0.186. The molecule has 1 saturated heterocycles. The molecule has 25 heavy (non-hydrogen) atoms. The summed E-state index contributed by atoms with van der Waals surface area (Å²) in [4.78, 5) is 17.6. The van der Waals surface area contributed by atoms with E-state index >= 15 is 0 Å². The van der Waals surface area contributed by atoms with E-state index in [9.17, 15) is 4.79 Å². The summed E-state index contributed by atoms with van der Waals surface area (Å²) < 4.78 is 5.42. The van der Waals surface area contributed by atoms with Gasteiger partial charge in [-0.3, -0.25) is 9.69 Å². The van der Waals surface area contributed by atoms with Gasteiger partial charge in [0.1, 0.15) is 0 Å². The van der Waals surface area contributed by atoms with Crippen LogP contribution in [0.4, 0.5) is 0 Å². The zero-order valence-corrected chi connectivity index (χ0v) is 16.2. The third kappa shape index (κ3) is 6.44. The maximum atomic E-state index is 13.1. The molecule has 0 aromatic heterocycles. The second kappa shape index (κ2) is 10.6. The molecule has 0 aliphatic carbocycles. The van der Waals surface area contributed by atoms with E-state index in [0.717, 1.165) is 69.0 Å². The van der Waals surface area contributed by atoms with Gasteiger partial charge in [0, 0.05) is 38.3 Å². The predicted octanol–water partition coefficient (Wildman–Crippen LogP) is 3.66. The molecule has 0 radical (unpaired) electrons. The van der Waals surface area contributed by atoms with E-state index in [-0.39, 0.29) is 5.91 Å². The number of ether oxygens (including phenoxy) is 1. The number of carbonyl (C=O) groups excluding carboxylic acids is 1. The van der Waals surface area contributed by atoms with Crippen molar-refractivity contribution in [2.45, 2.75) is 46.5 Å². The monoisotopic (exact) mass is 346 g/mol. The summed E-state index contributed by atoms with van der Waals surface area (Å²) in [5.41, 5.74) is 3.08. The predicted molar refractivity (Wildman–Crippen MR) is 103 cm³/mol. The average molecular weight is 347 g/mol. The molecule has 0 unspecified atom stereocenters. The number of hydrogen-bond acceptors (Lipinski definition) is 3. The lowest BCUT2D eigenvalue weighted by molar-refractivity contribution is 0.0324. The van der Waals surface area contributed by atoms with Gasteiger partial charge in [0.05, 0.1) is 13.2 Å². The number of benzene rings is 1. The third-order valence-electron chi connectivity index (χ3n) is 4.98. The Balaban J connectivity index is 2.00. The van der Waals surface area contributed by atoms with Crippen molar-refractivity contribution in [3.8, 4) is 0 Å². The normalized spacial score (nSPS) is 15.3. The quantitative estimate of drug-likeness (QED) is 0.640. The van der Waals surface area contributed by atoms with Crippen molar-refractivity contribution in [3.63, 3.8) is 0 Å². The highest BCUT2D eigenvalue weighted by atomic mass is 16.5. The van der Waals surface area contributed by atoms with E-state index < -0.39 is 0 Å². The van der Waals surface area contributed by atoms with Crippen LogP contribution >= 0.6 is 0 Å². The second-order valence-electron chi connectivity index (χ2n) is 7.13. The van der Waals surface area contributed by atoms with Gasteiger partial charge in [-0.15, -0.1) is 0 Å². The number of carbonyl (C=O) groups is 1. The topological polar surface area (TPSA) is 32.8 Å². The summed E-state index contributed by atoms with van der Waals surface area (Å²) >= 11 is 0. The first-order chi connectivity index (χ1) is 12.1. The van der Waals surface area contributed by atoms with Crippen molar-refractivity contribution in [1.82, 2.24) is 9.80 Å². The maximum absolute atomic E-state index is 13.1. The number of unbranched alkanes of at least 4 members (excludes halogenated alkanes) is 3. The Hall–Kier alpha value is -1.39. The molecule has 0 saturated carbocycles. The van der Waals surface area contributed by atoms with E-state index in [1.807, 2.05) is 13.0 Å². The number of aryl methyl sites for hydroxylation is 2. The van der Waals surface area contributed by atoms with Gasteiger partial charge in [0.15, 0.2) is 0 Å². The molecule has 0 N–H and O–H groups in total. The molecule has 140 valence electrons. The van der Waals surface area contributed by atoms with Crippen LogP contribution in [-0.2, 0) is 4.74 Å². The highest BCUT2D eigenvalue weighted by Gasteiger charge is 2.19. The fraction of sp³-hybridized carbons (Fsp3) is 0.667. The molecule has 1 amide bonds. The number of amides is 1. The summed E-state index contributed by atoms with van der Waals surface area (Å²) in [5, 5.41) is 0. The molecule has 1 aliphatic heterocycles. The van der Waals surface area contributed by atoms with Crippen molar-refractivity contribution in [2.75, 3.05) is 45.9 Å². The van der Waals surface area contributed by atoms with Crippen molar-refractivity contribution in [3.05, 3.63) is 34.9 Å². The van der Waals surface area contributed by atoms with Gasteiger partial charge in [-0.2, -0.15) is 0 Å². The molecule has 4 nitrogen and oxygen atoms in total. The molecule has 1 heterocycles. The molecule has 1 aromatic rings. The van der Waals surface area contributed by atoms with Gasteiger partial charge in [-0.1, -0.05) is 43.9 Å². The zero-order valence-electron chi connectivity index (χ0n) is 16.2. The molecule has 1 fully saturated rings. The smallest absolute Gasteiger partial charge is 0.254 e. The largest absolute Gasteiger partial charge is 0.379 e. The minimum Gasteiger partial charge on any atom is -0.379 e. The van der Waals surface area contributed by atoms with Crippen molar-refractivity contribution < 1.29 is 9.53 Å². The lowest BCUT2D eigenvalue weighted by atomic mass is 10.0. The van der Waals surface area contributed by atoms with Crippen LogP contribution in [0, 0.1) is 13.8 Å². The summed E-state index contributed by atoms with van der Waals surface area (Å²) in [5.74, 6) is 0.186. The molecule has 0 spiro atoms. The van der Waals surface area contributed by atoms with Crippen LogP contribution in [0.25, 0.3) is 0 Å². The lowest BCUT2D eigenvalue weighted by Gasteiger charge is -2.30. The Labute approximate surface area is 153 Å². The molecule has 0 bridgehead atoms. The SMILES string of the molecule is CCCCCCN(CCN1CCOCC1)C(=O)c1cc(C)ccc1C. The average Bonchev–Trinajstić information content (AvgIpc) is 2.63. The third-order valence-corrected chi connectivity index (χ3v) is 4.98. The standard InChI is InChI=1S/C21H34N2O2/c1-4-5-6-7-10-23(12-11-22-13-15-25-16-14-22)21(24)20-17-18(2)8-9-19(20)3/h8-9,17H,4-7,10-16H2,1-3H3. The van der Waals surface area contributed by atoms with Crippen molar-refractivity contribution in [1.29, 1.82) is 0 Å². The Morgan fingerprint density at radius 1 is 1.12 bits per heavy atom. The van der Waals surface area contributed by atoms with Gasteiger partial charge in [0.25, 0.3) is 5.91 Å². The number of hydrogen-bond donors (Lipinski definition) is 0. The van der Waals surface area contributed by atoms with Crippen molar-refractivity contribution >= 4 is 5.91 Å². The van der Waals surface area contributed by atoms with Crippen LogP contribution in [0.2, 0.25) is 0 Å². The number of nitrogens with zero attached hydrogens (tertiary/aromatic N) is 2.